The molecule has 156 valence electrons. The van der Waals surface area contributed by atoms with Crippen LogP contribution in [0.5, 0.6) is 0 Å². The van der Waals surface area contributed by atoms with E-state index in [1.165, 1.54) is 17.8 Å². The lowest BCUT2D eigenvalue weighted by Crippen LogP contribution is -2.49. The summed E-state index contributed by atoms with van der Waals surface area (Å²) in [7, 11) is 0. The zero-order chi connectivity index (χ0) is 21.4. The fraction of sp³-hybridized carbons (Fsp3) is 0.476. The van der Waals surface area contributed by atoms with E-state index >= 15 is 0 Å². The van der Waals surface area contributed by atoms with Crippen molar-refractivity contribution in [3.05, 3.63) is 39.9 Å². The van der Waals surface area contributed by atoms with E-state index in [9.17, 15) is 19.5 Å². The molecule has 0 unspecified atom stereocenters. The summed E-state index contributed by atoms with van der Waals surface area (Å²) in [6.07, 6.45) is 1.82. The summed E-state index contributed by atoms with van der Waals surface area (Å²) < 4.78 is 6.20. The van der Waals surface area contributed by atoms with Gasteiger partial charge in [0, 0.05) is 45.4 Å². The second kappa shape index (κ2) is 8.24. The third kappa shape index (κ3) is 5.29. The minimum Gasteiger partial charge on any atom is -0.444 e. The van der Waals surface area contributed by atoms with Gasteiger partial charge in [0.05, 0.1) is 5.60 Å². The SMILES string of the molecule is CC(C)(C)OC(=O)N1CCC(O)(CSC2=CC(=O)C(=O)c3ccc(Br)cc32)CC1. The number of allylic oxidation sites excluding steroid dienone is 1. The van der Waals surface area contributed by atoms with E-state index < -0.39 is 22.8 Å². The second-order valence-electron chi connectivity index (χ2n) is 8.37. The van der Waals surface area contributed by atoms with Gasteiger partial charge in [-0.3, -0.25) is 9.59 Å². The standard InChI is InChI=1S/C21H24BrNO5S/c1-20(2,3)28-19(26)23-8-6-21(27,7-9-23)12-29-17-11-16(24)18(25)14-5-4-13(22)10-15(14)17/h4-5,10-11,27H,6-9,12H2,1-3H3. The number of aliphatic hydroxyl groups is 1. The highest BCUT2D eigenvalue weighted by Crippen LogP contribution is 2.38. The molecule has 1 amide bonds. The van der Waals surface area contributed by atoms with Crippen LogP contribution in [-0.4, -0.2) is 57.7 Å². The van der Waals surface area contributed by atoms with Gasteiger partial charge in [-0.1, -0.05) is 15.9 Å². The van der Waals surface area contributed by atoms with Crippen LogP contribution in [0.15, 0.2) is 28.7 Å². The molecule has 1 aromatic carbocycles. The molecule has 29 heavy (non-hydrogen) atoms. The Balaban J connectivity index is 1.64. The van der Waals surface area contributed by atoms with Gasteiger partial charge in [0.25, 0.3) is 0 Å². The smallest absolute Gasteiger partial charge is 0.410 e. The molecule has 6 nitrogen and oxygen atoms in total. The van der Waals surface area contributed by atoms with Crippen molar-refractivity contribution in [1.29, 1.82) is 0 Å². The summed E-state index contributed by atoms with van der Waals surface area (Å²) in [5, 5.41) is 11.0. The minimum atomic E-state index is -0.958. The van der Waals surface area contributed by atoms with Gasteiger partial charge in [0.15, 0.2) is 0 Å². The first-order valence-corrected chi connectivity index (χ1v) is 11.2. The topological polar surface area (TPSA) is 83.9 Å². The number of ether oxygens (including phenoxy) is 1. The summed E-state index contributed by atoms with van der Waals surface area (Å²) in [5.41, 5.74) is -0.431. The van der Waals surface area contributed by atoms with Crippen molar-refractivity contribution in [2.45, 2.75) is 44.8 Å². The Kier molecular flexibility index (Phi) is 6.27. The van der Waals surface area contributed by atoms with Crippen molar-refractivity contribution in [2.24, 2.45) is 0 Å². The van der Waals surface area contributed by atoms with Gasteiger partial charge in [0.1, 0.15) is 5.60 Å². The maximum Gasteiger partial charge on any atom is 0.410 e. The van der Waals surface area contributed by atoms with Crippen molar-refractivity contribution in [3.63, 3.8) is 0 Å². The van der Waals surface area contributed by atoms with Crippen LogP contribution < -0.4 is 0 Å². The third-order valence-corrected chi connectivity index (χ3v) is 6.64. The molecule has 0 bridgehead atoms. The monoisotopic (exact) mass is 481 g/mol. The number of carbonyl (C=O) groups is 3. The van der Waals surface area contributed by atoms with Gasteiger partial charge in [0.2, 0.25) is 11.6 Å². The second-order valence-corrected chi connectivity index (χ2v) is 10.3. The van der Waals surface area contributed by atoms with Crippen LogP contribution in [-0.2, 0) is 9.53 Å². The predicted molar refractivity (Wildman–Crippen MR) is 116 cm³/mol. The number of thioether (sulfide) groups is 1. The van der Waals surface area contributed by atoms with Gasteiger partial charge in [-0.2, -0.15) is 0 Å². The summed E-state index contributed by atoms with van der Waals surface area (Å²) in [6.45, 7) is 6.28. The van der Waals surface area contributed by atoms with Crippen LogP contribution in [0.1, 0.15) is 49.5 Å². The minimum absolute atomic E-state index is 0.369. The number of Topliss-reactive ketones (excluding diaryl/α,β-unsaturated/α-hetero) is 1. The van der Waals surface area contributed by atoms with Gasteiger partial charge in [-0.25, -0.2) is 4.79 Å². The van der Waals surface area contributed by atoms with Crippen LogP contribution in [0.4, 0.5) is 4.79 Å². The van der Waals surface area contributed by atoms with E-state index in [1.807, 2.05) is 26.8 Å². The quantitative estimate of drug-likeness (QED) is 0.655. The Morgan fingerprint density at radius 1 is 1.24 bits per heavy atom. The van der Waals surface area contributed by atoms with Crippen LogP contribution >= 0.6 is 27.7 Å². The fourth-order valence-electron chi connectivity index (χ4n) is 3.22. The van der Waals surface area contributed by atoms with E-state index in [1.54, 1.807) is 17.0 Å². The average Bonchev–Trinajstić information content (AvgIpc) is 2.62. The van der Waals surface area contributed by atoms with Gasteiger partial charge < -0.3 is 14.7 Å². The average molecular weight is 482 g/mol. The number of amides is 1. The molecule has 0 radical (unpaired) electrons. The number of hydrogen-bond donors (Lipinski definition) is 1. The highest BCUT2D eigenvalue weighted by Gasteiger charge is 2.36. The van der Waals surface area contributed by atoms with Crippen LogP contribution in [0.3, 0.4) is 0 Å². The first-order chi connectivity index (χ1) is 13.5. The first kappa shape index (κ1) is 22.1. The number of hydrogen-bond acceptors (Lipinski definition) is 6. The third-order valence-electron chi connectivity index (χ3n) is 4.82. The van der Waals surface area contributed by atoms with Gasteiger partial charge in [-0.05, 0) is 51.8 Å². The van der Waals surface area contributed by atoms with Crippen molar-refractivity contribution >= 4 is 50.3 Å². The number of likely N-dealkylation sites (tertiary alicyclic amines) is 1. The van der Waals surface area contributed by atoms with Gasteiger partial charge >= 0.3 is 6.09 Å². The maximum atomic E-state index is 12.2. The molecule has 0 aromatic heterocycles. The normalized spacial score (nSPS) is 18.9. The molecular formula is C21H24BrNO5S. The Bertz CT molecular complexity index is 882. The van der Waals surface area contributed by atoms with Crippen molar-refractivity contribution in [2.75, 3.05) is 18.8 Å². The Labute approximate surface area is 182 Å². The molecule has 1 aliphatic heterocycles. The molecule has 1 heterocycles. The van der Waals surface area contributed by atoms with E-state index in [-0.39, 0.29) is 6.09 Å². The first-order valence-electron chi connectivity index (χ1n) is 9.41. The van der Waals surface area contributed by atoms with Gasteiger partial charge in [-0.15, -0.1) is 11.8 Å². The molecular weight excluding hydrogens is 458 g/mol. The fourth-order valence-corrected chi connectivity index (χ4v) is 4.81. The van der Waals surface area contributed by atoms with Crippen molar-refractivity contribution < 1.29 is 24.2 Å². The number of piperidine rings is 1. The predicted octanol–water partition coefficient (Wildman–Crippen LogP) is 4.05. The van der Waals surface area contributed by atoms with E-state index in [4.69, 9.17) is 4.74 Å². The molecule has 0 atom stereocenters. The van der Waals surface area contributed by atoms with Crippen molar-refractivity contribution in [3.8, 4) is 0 Å². The molecule has 1 aromatic rings. The number of fused-ring (bicyclic) bond motifs is 1. The maximum absolute atomic E-state index is 12.2. The number of rotatable bonds is 3. The number of nitrogens with zero attached hydrogens (tertiary/aromatic N) is 1. The van der Waals surface area contributed by atoms with E-state index in [2.05, 4.69) is 15.9 Å². The molecule has 1 N–H and O–H groups in total. The Morgan fingerprint density at radius 3 is 2.52 bits per heavy atom. The molecule has 3 rings (SSSR count). The van der Waals surface area contributed by atoms with E-state index in [0.717, 1.165) is 4.47 Å². The molecule has 2 aliphatic rings. The zero-order valence-electron chi connectivity index (χ0n) is 16.7. The number of ketones is 2. The molecule has 1 aliphatic carbocycles. The lowest BCUT2D eigenvalue weighted by Gasteiger charge is -2.38. The summed E-state index contributed by atoms with van der Waals surface area (Å²) in [4.78, 5) is 38.7. The Hall–Kier alpha value is -1.64. The summed E-state index contributed by atoms with van der Waals surface area (Å²) in [6, 6.07) is 5.19. The Morgan fingerprint density at radius 2 is 1.90 bits per heavy atom. The van der Waals surface area contributed by atoms with Crippen LogP contribution in [0.2, 0.25) is 0 Å². The number of carbonyl (C=O) groups excluding carboxylic acids is 3. The molecule has 0 saturated carbocycles. The molecule has 1 fully saturated rings. The number of halogens is 1. The van der Waals surface area contributed by atoms with Crippen LogP contribution in [0.25, 0.3) is 4.91 Å². The number of benzene rings is 1. The lowest BCUT2D eigenvalue weighted by molar-refractivity contribution is -0.111. The molecule has 8 heteroatoms. The molecule has 0 spiro atoms. The largest absolute Gasteiger partial charge is 0.444 e. The van der Waals surface area contributed by atoms with E-state index in [0.29, 0.717) is 47.7 Å². The summed E-state index contributed by atoms with van der Waals surface area (Å²) in [5.74, 6) is -0.690. The highest BCUT2D eigenvalue weighted by molar-refractivity contribution is 9.10. The lowest BCUT2D eigenvalue weighted by atomic mass is 9.94. The molecule has 1 saturated heterocycles. The summed E-state index contributed by atoms with van der Waals surface area (Å²) >= 11 is 4.76. The van der Waals surface area contributed by atoms with Crippen molar-refractivity contribution in [1.82, 2.24) is 4.90 Å². The highest BCUT2D eigenvalue weighted by atomic mass is 79.9. The van der Waals surface area contributed by atoms with Crippen LogP contribution in [0, 0.1) is 0 Å². The zero-order valence-corrected chi connectivity index (χ0v) is 19.1.